The number of amides is 2. The maximum absolute atomic E-state index is 15.3. The third kappa shape index (κ3) is 7.37. The van der Waals surface area contributed by atoms with Crippen LogP contribution in [0.25, 0.3) is 0 Å². The van der Waals surface area contributed by atoms with Gasteiger partial charge in [0.15, 0.2) is 5.60 Å². The van der Waals surface area contributed by atoms with E-state index in [9.17, 15) is 9.90 Å². The quantitative estimate of drug-likeness (QED) is 0.113. The van der Waals surface area contributed by atoms with Gasteiger partial charge in [-0.2, -0.15) is 0 Å². The molecule has 0 saturated carbocycles. The van der Waals surface area contributed by atoms with Crippen LogP contribution in [0.3, 0.4) is 0 Å². The minimum atomic E-state index is -2.41. The molecular weight excluding hydrogens is 768 g/mol. The van der Waals surface area contributed by atoms with Gasteiger partial charge in [-0.25, -0.2) is 0 Å². The van der Waals surface area contributed by atoms with Gasteiger partial charge in [0.2, 0.25) is 5.91 Å². The van der Waals surface area contributed by atoms with Gasteiger partial charge >= 0.3 is 0 Å². The summed E-state index contributed by atoms with van der Waals surface area (Å²) >= 11 is 6.75. The number of nitrogens with zero attached hydrogens (tertiary/aromatic N) is 4. The molecule has 13 heteroatoms. The van der Waals surface area contributed by atoms with E-state index in [2.05, 4.69) is 53.1 Å². The number of aryl methyl sites for hydroxylation is 1. The molecule has 6 atom stereocenters. The molecule has 1 spiro atoms. The fourth-order valence-corrected chi connectivity index (χ4v) is 13.9. The van der Waals surface area contributed by atoms with Crippen molar-refractivity contribution in [3.8, 4) is 5.75 Å². The van der Waals surface area contributed by atoms with E-state index >= 15 is 4.79 Å². The van der Waals surface area contributed by atoms with E-state index < -0.39 is 13.7 Å². The van der Waals surface area contributed by atoms with Crippen LogP contribution in [0.2, 0.25) is 23.7 Å². The van der Waals surface area contributed by atoms with Crippen molar-refractivity contribution in [3.05, 3.63) is 131 Å². The van der Waals surface area contributed by atoms with Crippen LogP contribution in [0.1, 0.15) is 54.5 Å². The van der Waals surface area contributed by atoms with Crippen LogP contribution in [-0.2, 0) is 33.0 Å². The third-order valence-electron chi connectivity index (χ3n) is 12.7. The van der Waals surface area contributed by atoms with Crippen molar-refractivity contribution in [1.82, 2.24) is 20.3 Å². The normalized spacial score (nSPS) is 23.3. The van der Waals surface area contributed by atoms with Crippen LogP contribution in [0.5, 0.6) is 5.75 Å². The number of ether oxygens (including phenoxy) is 2. The number of nitrogens with one attached hydrogen (secondary N) is 2. The Morgan fingerprint density at radius 3 is 2.60 bits per heavy atom. The number of hydrogen-bond donors (Lipinski definition) is 3. The summed E-state index contributed by atoms with van der Waals surface area (Å²) in [7, 11) is -0.736. The topological polar surface area (TPSA) is 131 Å². The van der Waals surface area contributed by atoms with Gasteiger partial charge in [-0.1, -0.05) is 96.6 Å². The summed E-state index contributed by atoms with van der Waals surface area (Å²) in [5.41, 5.74) is 3.51. The summed E-state index contributed by atoms with van der Waals surface area (Å²) in [6.07, 6.45) is 3.96. The number of carbonyl (C=O) groups is 2. The molecule has 4 heterocycles. The highest BCUT2D eigenvalue weighted by molar-refractivity contribution is 6.91. The minimum absolute atomic E-state index is 0.0110. The molecule has 1 unspecified atom stereocenters. The Morgan fingerprint density at radius 2 is 1.88 bits per heavy atom. The van der Waals surface area contributed by atoms with E-state index in [-0.39, 0.29) is 47.9 Å². The van der Waals surface area contributed by atoms with Crippen molar-refractivity contribution in [2.24, 2.45) is 5.92 Å². The molecule has 0 aliphatic carbocycles. The summed E-state index contributed by atoms with van der Waals surface area (Å²) in [6, 6.07) is 31.3. The SMILES string of the molecule is COc1ccc([Si](C)(C)[C@H]2[C@H](CCn3cc(C(CO)c4ccccc4)nn3)O[C@@]3(C(=O)N(Cc4cccc(NC(=O)[C@H]5CCCN5)c4)c4ccc(Cl)cc43)[C@@H]2C)cc1. The summed E-state index contributed by atoms with van der Waals surface area (Å²) in [5.74, 6) is 0.111. The first-order valence-electron chi connectivity index (χ1n) is 20.2. The number of hydrogen-bond acceptors (Lipinski definition) is 8. The molecule has 2 amide bonds. The molecule has 3 aliphatic heterocycles. The standard InChI is InChI=1S/C45H51ClN6O5Si/c1-29-42(58(3,4)35-18-16-34(56-2)17-19-35)41(21-23-51-27-39(49-50-51)36(28-53)31-11-6-5-7-12-31)57-45(29)37-25-32(46)15-20-40(37)52(44(45)55)26-30-10-8-13-33(24-30)48-43(54)38-14-9-22-47-38/h5-8,10-13,15-20,24-25,27,29,36,38,41-42,47,53H,9,14,21-23,26,28H2,1-4H3,(H,48,54)/t29-,36?,38-,41+,42-,45+/m1/s1. The number of anilines is 2. The van der Waals surface area contributed by atoms with E-state index in [1.165, 1.54) is 5.19 Å². The molecule has 8 rings (SSSR count). The number of aliphatic hydroxyl groups is 1. The molecule has 1 aromatic heterocycles. The molecule has 3 aliphatic rings. The molecule has 0 bridgehead atoms. The molecule has 2 fully saturated rings. The highest BCUT2D eigenvalue weighted by atomic mass is 35.5. The van der Waals surface area contributed by atoms with Crippen LogP contribution in [0.15, 0.2) is 103 Å². The van der Waals surface area contributed by atoms with E-state index in [0.717, 1.165) is 47.5 Å². The van der Waals surface area contributed by atoms with Gasteiger partial charge in [-0.3, -0.25) is 14.3 Å². The number of aromatic nitrogens is 3. The largest absolute Gasteiger partial charge is 0.497 e. The molecule has 302 valence electrons. The molecule has 11 nitrogen and oxygen atoms in total. The first kappa shape index (κ1) is 39.9. The molecule has 4 aromatic carbocycles. The third-order valence-corrected chi connectivity index (χ3v) is 17.2. The number of benzene rings is 4. The summed E-state index contributed by atoms with van der Waals surface area (Å²) in [4.78, 5) is 30.1. The number of carbonyl (C=O) groups excluding carboxylic acids is 2. The molecule has 58 heavy (non-hydrogen) atoms. The second kappa shape index (κ2) is 16.4. The van der Waals surface area contributed by atoms with Crippen LogP contribution in [0.4, 0.5) is 11.4 Å². The van der Waals surface area contributed by atoms with Crippen molar-refractivity contribution in [3.63, 3.8) is 0 Å². The van der Waals surface area contributed by atoms with Gasteiger partial charge in [0, 0.05) is 34.9 Å². The maximum Gasteiger partial charge on any atom is 0.264 e. The van der Waals surface area contributed by atoms with Crippen LogP contribution in [-0.4, -0.2) is 72.4 Å². The maximum atomic E-state index is 15.3. The molecule has 0 radical (unpaired) electrons. The lowest BCUT2D eigenvalue weighted by Gasteiger charge is -2.37. The number of aliphatic hydroxyl groups excluding tert-OH is 1. The lowest BCUT2D eigenvalue weighted by atomic mass is 9.82. The highest BCUT2D eigenvalue weighted by Gasteiger charge is 2.66. The van der Waals surface area contributed by atoms with Crippen molar-refractivity contribution in [1.29, 1.82) is 0 Å². The van der Waals surface area contributed by atoms with Gasteiger partial charge in [0.1, 0.15) is 5.75 Å². The number of methoxy groups -OCH3 is 1. The van der Waals surface area contributed by atoms with Gasteiger partial charge in [-0.05, 0) is 84.9 Å². The average molecular weight is 819 g/mol. The highest BCUT2D eigenvalue weighted by Crippen LogP contribution is 2.60. The number of rotatable bonds is 13. The van der Waals surface area contributed by atoms with E-state index in [0.29, 0.717) is 35.9 Å². The summed E-state index contributed by atoms with van der Waals surface area (Å²) in [5, 5.41) is 27.4. The first-order chi connectivity index (χ1) is 28.0. The number of halogens is 1. The molecule has 5 aromatic rings. The lowest BCUT2D eigenvalue weighted by Crippen LogP contribution is -2.51. The number of fused-ring (bicyclic) bond motifs is 2. The second-order valence-electron chi connectivity index (χ2n) is 16.4. The minimum Gasteiger partial charge on any atom is -0.497 e. The fraction of sp³-hybridized carbons (Fsp3) is 0.378. The second-order valence-corrected chi connectivity index (χ2v) is 21.5. The zero-order valence-corrected chi connectivity index (χ0v) is 35.2. The Hall–Kier alpha value is -4.85. The van der Waals surface area contributed by atoms with Gasteiger partial charge in [0.25, 0.3) is 5.91 Å². The van der Waals surface area contributed by atoms with E-state index in [1.807, 2.05) is 101 Å². The predicted molar refractivity (Wildman–Crippen MR) is 228 cm³/mol. The molecule has 2 saturated heterocycles. The monoisotopic (exact) mass is 818 g/mol. The Labute approximate surface area is 345 Å². The van der Waals surface area contributed by atoms with Gasteiger partial charge in [-0.15, -0.1) is 5.10 Å². The van der Waals surface area contributed by atoms with Crippen LogP contribution in [0, 0.1) is 5.92 Å². The van der Waals surface area contributed by atoms with Gasteiger partial charge in [0.05, 0.1) is 57.8 Å². The van der Waals surface area contributed by atoms with E-state index in [4.69, 9.17) is 21.1 Å². The lowest BCUT2D eigenvalue weighted by molar-refractivity contribution is -0.146. The van der Waals surface area contributed by atoms with Crippen LogP contribution >= 0.6 is 11.6 Å². The molecule has 3 N–H and O–H groups in total. The summed E-state index contributed by atoms with van der Waals surface area (Å²) in [6.45, 7) is 8.44. The van der Waals surface area contributed by atoms with E-state index in [1.54, 1.807) is 7.11 Å². The summed E-state index contributed by atoms with van der Waals surface area (Å²) < 4.78 is 14.7. The Balaban J connectivity index is 1.12. The Kier molecular flexibility index (Phi) is 11.3. The Morgan fingerprint density at radius 1 is 1.09 bits per heavy atom. The first-order valence-corrected chi connectivity index (χ1v) is 23.6. The van der Waals surface area contributed by atoms with Crippen LogP contribution < -0.4 is 25.5 Å². The fourth-order valence-electron chi connectivity index (χ4n) is 9.68. The van der Waals surface area contributed by atoms with Crippen molar-refractivity contribution >= 4 is 48.1 Å². The smallest absolute Gasteiger partial charge is 0.264 e. The van der Waals surface area contributed by atoms with Gasteiger partial charge < -0.3 is 30.1 Å². The molecular formula is C45H51ClN6O5Si. The predicted octanol–water partition coefficient (Wildman–Crippen LogP) is 6.61. The zero-order valence-electron chi connectivity index (χ0n) is 33.4. The Bertz CT molecular complexity index is 2270. The zero-order chi connectivity index (χ0) is 40.6. The van der Waals surface area contributed by atoms with Crippen molar-refractivity contribution in [2.75, 3.05) is 30.5 Å². The van der Waals surface area contributed by atoms with Crippen molar-refractivity contribution < 1.29 is 24.2 Å². The average Bonchev–Trinajstić information content (AvgIpc) is 4.04. The van der Waals surface area contributed by atoms with Crippen molar-refractivity contribution in [2.45, 2.75) is 81.6 Å².